The summed E-state index contributed by atoms with van der Waals surface area (Å²) in [6.07, 6.45) is 0. The number of hydrogen-bond donors (Lipinski definition) is 0. The van der Waals surface area contributed by atoms with E-state index < -0.39 is 0 Å². The maximum atomic E-state index is 10.4. The molecule has 0 aliphatic carbocycles. The molecule has 0 aliphatic rings. The molecule has 0 atom stereocenters. The number of rotatable bonds is 0. The van der Waals surface area contributed by atoms with E-state index in [0.29, 0.717) is 0 Å². The zero-order valence-corrected chi connectivity index (χ0v) is 5.72. The maximum absolute atomic E-state index is 10.4. The van der Waals surface area contributed by atoms with E-state index in [1.165, 1.54) is 0 Å². The van der Waals surface area contributed by atoms with Crippen LogP contribution in [0.5, 0.6) is 5.75 Å². The van der Waals surface area contributed by atoms with E-state index in [9.17, 15) is 5.11 Å². The molecule has 1 aromatic rings. The summed E-state index contributed by atoms with van der Waals surface area (Å²) >= 11 is 0. The molecule has 0 saturated heterocycles. The molecule has 42 valence electrons. The predicted octanol–water partition coefficient (Wildman–Crippen LogP) is -1.93. The maximum Gasteiger partial charge on any atom is 1.00 e. The van der Waals surface area contributed by atoms with Gasteiger partial charge >= 0.3 is 18.9 Å². The smallest absolute Gasteiger partial charge is 0.872 e. The summed E-state index contributed by atoms with van der Waals surface area (Å²) in [6, 6.07) is 6.75. The Hall–Kier alpha value is -0.383. The summed E-state index contributed by atoms with van der Waals surface area (Å²) in [5.41, 5.74) is 1.13. The molecular formula is C7H7LiO. The summed E-state index contributed by atoms with van der Waals surface area (Å²) in [4.78, 5) is 0. The van der Waals surface area contributed by atoms with E-state index in [1.807, 2.05) is 19.1 Å². The predicted molar refractivity (Wildman–Crippen MR) is 30.6 cm³/mol. The SMILES string of the molecule is Cc1ccc([O-])cc1.[Li+]. The Balaban J connectivity index is 0.000000640. The molecule has 1 rings (SSSR count). The van der Waals surface area contributed by atoms with Crippen molar-refractivity contribution >= 4 is 0 Å². The van der Waals surface area contributed by atoms with Gasteiger partial charge in [-0.25, -0.2) is 0 Å². The van der Waals surface area contributed by atoms with Crippen molar-refractivity contribution in [3.8, 4) is 5.75 Å². The van der Waals surface area contributed by atoms with Crippen LogP contribution in [0.25, 0.3) is 0 Å². The first-order valence-electron chi connectivity index (χ1n) is 2.53. The van der Waals surface area contributed by atoms with Crippen molar-refractivity contribution in [2.45, 2.75) is 6.92 Å². The topological polar surface area (TPSA) is 23.1 Å². The Morgan fingerprint density at radius 3 is 1.89 bits per heavy atom. The molecular weight excluding hydrogens is 107 g/mol. The minimum atomic E-state index is 0. The molecule has 1 nitrogen and oxygen atoms in total. The third-order valence-corrected chi connectivity index (χ3v) is 1.02. The summed E-state index contributed by atoms with van der Waals surface area (Å²) in [6.45, 7) is 1.96. The van der Waals surface area contributed by atoms with Crippen LogP contribution in [0.1, 0.15) is 5.56 Å². The minimum absolute atomic E-state index is 0. The molecule has 0 spiro atoms. The third-order valence-electron chi connectivity index (χ3n) is 1.02. The summed E-state index contributed by atoms with van der Waals surface area (Å²) in [5, 5.41) is 10.4. The third kappa shape index (κ3) is 2.60. The van der Waals surface area contributed by atoms with Crippen molar-refractivity contribution in [3.63, 3.8) is 0 Å². The molecule has 9 heavy (non-hydrogen) atoms. The van der Waals surface area contributed by atoms with Gasteiger partial charge in [-0.05, 0) is 6.92 Å². The van der Waals surface area contributed by atoms with Gasteiger partial charge in [-0.15, -0.1) is 5.75 Å². The van der Waals surface area contributed by atoms with Crippen molar-refractivity contribution in [3.05, 3.63) is 29.8 Å². The Morgan fingerprint density at radius 2 is 1.56 bits per heavy atom. The van der Waals surface area contributed by atoms with Crippen LogP contribution in [-0.2, 0) is 0 Å². The monoisotopic (exact) mass is 114 g/mol. The van der Waals surface area contributed by atoms with Crippen LogP contribution in [0.15, 0.2) is 24.3 Å². The fourth-order valence-corrected chi connectivity index (χ4v) is 0.538. The van der Waals surface area contributed by atoms with Crippen LogP contribution in [-0.4, -0.2) is 0 Å². The van der Waals surface area contributed by atoms with Crippen molar-refractivity contribution in [1.29, 1.82) is 0 Å². The van der Waals surface area contributed by atoms with Crippen LogP contribution in [0.4, 0.5) is 0 Å². The van der Waals surface area contributed by atoms with Gasteiger partial charge in [0, 0.05) is 0 Å². The van der Waals surface area contributed by atoms with Crippen molar-refractivity contribution in [2.75, 3.05) is 0 Å². The number of benzene rings is 1. The van der Waals surface area contributed by atoms with Crippen LogP contribution in [0, 0.1) is 6.92 Å². The van der Waals surface area contributed by atoms with Gasteiger partial charge in [-0.3, -0.25) is 0 Å². The Bertz CT molecular complexity index is 148. The van der Waals surface area contributed by atoms with Crippen LogP contribution in [0.2, 0.25) is 0 Å². The quantitative estimate of drug-likeness (QED) is 0.360. The minimum Gasteiger partial charge on any atom is -0.872 e. The summed E-state index contributed by atoms with van der Waals surface area (Å²) in [5.74, 6) is 0.0793. The van der Waals surface area contributed by atoms with Gasteiger partial charge in [0.1, 0.15) is 0 Å². The molecule has 2 heteroatoms. The van der Waals surface area contributed by atoms with Gasteiger partial charge in [-0.2, -0.15) is 0 Å². The molecule has 0 radical (unpaired) electrons. The zero-order chi connectivity index (χ0) is 5.98. The van der Waals surface area contributed by atoms with E-state index in [-0.39, 0.29) is 24.6 Å². The second-order valence-electron chi connectivity index (χ2n) is 1.81. The molecule has 0 saturated carbocycles. The van der Waals surface area contributed by atoms with Crippen molar-refractivity contribution in [1.82, 2.24) is 0 Å². The first-order chi connectivity index (χ1) is 3.79. The van der Waals surface area contributed by atoms with E-state index in [0.717, 1.165) is 5.56 Å². The normalized spacial score (nSPS) is 8.11. The first-order valence-corrected chi connectivity index (χ1v) is 2.53. The molecule has 0 aliphatic heterocycles. The van der Waals surface area contributed by atoms with E-state index >= 15 is 0 Å². The van der Waals surface area contributed by atoms with Gasteiger partial charge in [0.05, 0.1) is 0 Å². The Morgan fingerprint density at radius 1 is 1.11 bits per heavy atom. The second kappa shape index (κ2) is 3.61. The molecule has 0 unspecified atom stereocenters. The average molecular weight is 114 g/mol. The molecule has 1 aromatic carbocycles. The van der Waals surface area contributed by atoms with Gasteiger partial charge in [0.2, 0.25) is 0 Å². The van der Waals surface area contributed by atoms with Gasteiger partial charge in [-0.1, -0.05) is 29.8 Å². The molecule has 0 fully saturated rings. The van der Waals surface area contributed by atoms with Gasteiger partial charge < -0.3 is 5.11 Å². The van der Waals surface area contributed by atoms with Crippen LogP contribution < -0.4 is 24.0 Å². The van der Waals surface area contributed by atoms with E-state index in [4.69, 9.17) is 0 Å². The summed E-state index contributed by atoms with van der Waals surface area (Å²) in [7, 11) is 0. The van der Waals surface area contributed by atoms with Crippen LogP contribution in [0.3, 0.4) is 0 Å². The molecule has 0 N–H and O–H groups in total. The van der Waals surface area contributed by atoms with Crippen molar-refractivity contribution < 1.29 is 24.0 Å². The van der Waals surface area contributed by atoms with E-state index in [1.54, 1.807) is 12.1 Å². The van der Waals surface area contributed by atoms with Crippen molar-refractivity contribution in [2.24, 2.45) is 0 Å². The molecule has 0 amide bonds. The Labute approximate surface area is 66.9 Å². The molecule has 0 aromatic heterocycles. The fraction of sp³-hybridized carbons (Fsp3) is 0.143. The van der Waals surface area contributed by atoms with Gasteiger partial charge in [0.15, 0.2) is 0 Å². The standard InChI is InChI=1S/C7H8O.Li/c1-6-2-4-7(8)5-3-6;/h2-5,8H,1H3;/q;+1/p-1. The molecule has 0 bridgehead atoms. The zero-order valence-electron chi connectivity index (χ0n) is 5.72. The second-order valence-corrected chi connectivity index (χ2v) is 1.81. The van der Waals surface area contributed by atoms with Crippen LogP contribution >= 0.6 is 0 Å². The number of hydrogen-bond acceptors (Lipinski definition) is 1. The fourth-order valence-electron chi connectivity index (χ4n) is 0.538. The van der Waals surface area contributed by atoms with E-state index in [2.05, 4.69) is 0 Å². The largest absolute Gasteiger partial charge is 1.00 e. The average Bonchev–Trinajstić information content (AvgIpc) is 1.77. The molecule has 0 heterocycles. The Kier molecular flexibility index (Phi) is 3.45. The summed E-state index contributed by atoms with van der Waals surface area (Å²) < 4.78 is 0. The van der Waals surface area contributed by atoms with Gasteiger partial charge in [0.25, 0.3) is 0 Å². The first kappa shape index (κ1) is 8.62. The number of aryl methyl sites for hydroxylation is 1.